The molecule has 0 spiro atoms. The zero-order chi connectivity index (χ0) is 15.1. The summed E-state index contributed by atoms with van der Waals surface area (Å²) in [6.07, 6.45) is 0.249. The number of carbonyl (C=O) groups excluding carboxylic acids is 2. The first-order valence-corrected chi connectivity index (χ1v) is 6.89. The summed E-state index contributed by atoms with van der Waals surface area (Å²) >= 11 is 3.13. The predicted octanol–water partition coefficient (Wildman–Crippen LogP) is 3.55. The second-order valence-corrected chi connectivity index (χ2v) is 5.46. The van der Waals surface area contributed by atoms with Gasteiger partial charge in [0, 0.05) is 10.9 Å². The lowest BCUT2D eigenvalue weighted by molar-refractivity contribution is -0.104. The van der Waals surface area contributed by atoms with Crippen molar-refractivity contribution in [2.24, 2.45) is 0 Å². The maximum atomic E-state index is 12.0. The molecule has 0 bridgehead atoms. The number of aldehydes is 1. The normalized spacial score (nSPS) is 10.9. The van der Waals surface area contributed by atoms with Crippen LogP contribution in [-0.2, 0) is 4.79 Å². The van der Waals surface area contributed by atoms with Gasteiger partial charge < -0.3 is 10.2 Å². The summed E-state index contributed by atoms with van der Waals surface area (Å²) in [4.78, 5) is 23.0. The molecule has 2 N–H and O–H groups in total. The van der Waals surface area contributed by atoms with Crippen LogP contribution < -0.4 is 0 Å². The molecule has 3 aromatic rings. The van der Waals surface area contributed by atoms with E-state index in [1.54, 1.807) is 30.3 Å². The predicted molar refractivity (Wildman–Crippen MR) is 82.9 cm³/mol. The molecule has 0 unspecified atom stereocenters. The molecule has 0 aromatic heterocycles. The zero-order valence-electron chi connectivity index (χ0n) is 10.6. The average Bonchev–Trinajstić information content (AvgIpc) is 2.50. The van der Waals surface area contributed by atoms with Crippen LogP contribution in [0, 0.1) is 0 Å². The van der Waals surface area contributed by atoms with Crippen LogP contribution in [0.2, 0.25) is 0 Å². The summed E-state index contributed by atoms with van der Waals surface area (Å²) in [5, 5.41) is 22.0. The van der Waals surface area contributed by atoms with E-state index in [1.165, 1.54) is 6.07 Å². The number of phenols is 2. The van der Waals surface area contributed by atoms with E-state index in [2.05, 4.69) is 15.9 Å². The number of phenolic OH excluding ortho intramolecular Hbond substituents is 2. The fourth-order valence-corrected chi connectivity index (χ4v) is 2.89. The Morgan fingerprint density at radius 1 is 1.00 bits per heavy atom. The van der Waals surface area contributed by atoms with Gasteiger partial charge in [-0.3, -0.25) is 9.59 Å². The molecule has 0 radical (unpaired) electrons. The Balaban J connectivity index is 2.63. The molecule has 0 heterocycles. The maximum Gasteiger partial charge on any atom is 0.226 e. The molecule has 0 fully saturated rings. The molecule has 3 rings (SSSR count). The van der Waals surface area contributed by atoms with E-state index < -0.39 is 5.78 Å². The van der Waals surface area contributed by atoms with Crippen molar-refractivity contribution in [3.05, 3.63) is 46.4 Å². The summed E-state index contributed by atoms with van der Waals surface area (Å²) in [6.45, 7) is 0. The van der Waals surface area contributed by atoms with Gasteiger partial charge in [-0.25, -0.2) is 0 Å². The minimum absolute atomic E-state index is 0.217. The first-order chi connectivity index (χ1) is 10.0. The van der Waals surface area contributed by atoms with E-state index in [0.717, 1.165) is 0 Å². The Labute approximate surface area is 127 Å². The summed E-state index contributed by atoms with van der Waals surface area (Å²) in [7, 11) is 0. The monoisotopic (exact) mass is 344 g/mol. The summed E-state index contributed by atoms with van der Waals surface area (Å²) in [5.41, 5.74) is 0.217. The van der Waals surface area contributed by atoms with E-state index >= 15 is 0 Å². The second-order valence-electron chi connectivity index (χ2n) is 4.61. The molecule has 21 heavy (non-hydrogen) atoms. The Morgan fingerprint density at radius 3 is 2.43 bits per heavy atom. The van der Waals surface area contributed by atoms with Crippen LogP contribution in [0.5, 0.6) is 11.5 Å². The average molecular weight is 345 g/mol. The molecule has 3 aromatic carbocycles. The highest BCUT2D eigenvalue weighted by molar-refractivity contribution is 9.10. The number of halogens is 1. The Morgan fingerprint density at radius 2 is 1.71 bits per heavy atom. The van der Waals surface area contributed by atoms with Crippen molar-refractivity contribution in [3.63, 3.8) is 0 Å². The van der Waals surface area contributed by atoms with Crippen LogP contribution in [0.1, 0.15) is 10.4 Å². The third-order valence-electron chi connectivity index (χ3n) is 3.42. The number of carbonyl (C=O) groups is 2. The number of rotatable bonds is 2. The van der Waals surface area contributed by atoms with Gasteiger partial charge in [-0.1, -0.05) is 24.3 Å². The van der Waals surface area contributed by atoms with Crippen LogP contribution in [0.15, 0.2) is 40.9 Å². The highest BCUT2D eigenvalue weighted by atomic mass is 79.9. The van der Waals surface area contributed by atoms with Crippen molar-refractivity contribution < 1.29 is 19.8 Å². The van der Waals surface area contributed by atoms with Gasteiger partial charge >= 0.3 is 0 Å². The fourth-order valence-electron chi connectivity index (χ4n) is 2.47. The van der Waals surface area contributed by atoms with E-state index in [1.807, 2.05) is 0 Å². The molecule has 0 atom stereocenters. The third-order valence-corrected chi connectivity index (χ3v) is 4.02. The van der Waals surface area contributed by atoms with E-state index in [0.29, 0.717) is 21.5 Å². The van der Waals surface area contributed by atoms with Gasteiger partial charge in [0.2, 0.25) is 5.78 Å². The van der Waals surface area contributed by atoms with Gasteiger partial charge in [0.05, 0.1) is 4.47 Å². The second kappa shape index (κ2) is 4.86. The van der Waals surface area contributed by atoms with Gasteiger partial charge in [-0.2, -0.15) is 0 Å². The van der Waals surface area contributed by atoms with Gasteiger partial charge in [0.1, 0.15) is 0 Å². The van der Waals surface area contributed by atoms with E-state index in [4.69, 9.17) is 0 Å². The summed E-state index contributed by atoms with van der Waals surface area (Å²) in [5.74, 6) is -1.30. The number of aromatic hydroxyl groups is 2. The third kappa shape index (κ3) is 1.97. The molecular formula is C16H9BrO4. The molecule has 0 aliphatic heterocycles. The molecule has 0 saturated carbocycles. The molecule has 0 amide bonds. The molecule has 0 aliphatic rings. The van der Waals surface area contributed by atoms with Crippen LogP contribution in [0.4, 0.5) is 0 Å². The molecular weight excluding hydrogens is 336 g/mol. The first kappa shape index (κ1) is 13.6. The van der Waals surface area contributed by atoms with Gasteiger partial charge in [0.15, 0.2) is 17.8 Å². The molecule has 5 heteroatoms. The van der Waals surface area contributed by atoms with Gasteiger partial charge in [-0.15, -0.1) is 0 Å². The van der Waals surface area contributed by atoms with Gasteiger partial charge in [-0.05, 0) is 44.2 Å². The topological polar surface area (TPSA) is 74.6 Å². The molecule has 0 saturated heterocycles. The lowest BCUT2D eigenvalue weighted by Gasteiger charge is -2.11. The number of Topliss-reactive ketones (excluding diaryl/α,β-unsaturated/α-hetero) is 1. The smallest absolute Gasteiger partial charge is 0.226 e. The van der Waals surface area contributed by atoms with Crippen LogP contribution in [0.3, 0.4) is 0 Å². The van der Waals surface area contributed by atoms with Crippen LogP contribution in [-0.4, -0.2) is 22.3 Å². The number of benzene rings is 3. The highest BCUT2D eigenvalue weighted by Gasteiger charge is 2.19. The van der Waals surface area contributed by atoms with Crippen molar-refractivity contribution in [2.45, 2.75) is 0 Å². The van der Waals surface area contributed by atoms with Crippen LogP contribution in [0.25, 0.3) is 21.5 Å². The summed E-state index contributed by atoms with van der Waals surface area (Å²) in [6, 6.07) is 10.3. The maximum absolute atomic E-state index is 12.0. The minimum atomic E-state index is -0.672. The molecule has 0 aliphatic carbocycles. The first-order valence-electron chi connectivity index (χ1n) is 6.10. The summed E-state index contributed by atoms with van der Waals surface area (Å²) < 4.78 is 0.253. The largest absolute Gasteiger partial charge is 0.504 e. The fraction of sp³-hybridized carbons (Fsp3) is 0. The van der Waals surface area contributed by atoms with Crippen molar-refractivity contribution in [3.8, 4) is 11.5 Å². The lowest BCUT2D eigenvalue weighted by Crippen LogP contribution is -2.02. The van der Waals surface area contributed by atoms with E-state index in [-0.39, 0.29) is 27.8 Å². The lowest BCUT2D eigenvalue weighted by atomic mass is 9.94. The van der Waals surface area contributed by atoms with Crippen molar-refractivity contribution in [2.75, 3.05) is 0 Å². The standard InChI is InChI=1S/C16H9BrO4/c17-12-6-10-11(15(20)16(12)21)5-8-3-1-2-4-9(8)14(10)13(19)7-18/h1-7,20-21H. The molecule has 104 valence electrons. The Bertz CT molecular complexity index is 915. The van der Waals surface area contributed by atoms with Crippen molar-refractivity contribution in [1.29, 1.82) is 0 Å². The molecule has 4 nitrogen and oxygen atoms in total. The van der Waals surface area contributed by atoms with Gasteiger partial charge in [0.25, 0.3) is 0 Å². The quantitative estimate of drug-likeness (QED) is 0.245. The highest BCUT2D eigenvalue weighted by Crippen LogP contribution is 2.43. The number of hydrogen-bond donors (Lipinski definition) is 2. The number of fused-ring (bicyclic) bond motifs is 2. The van der Waals surface area contributed by atoms with E-state index in [9.17, 15) is 19.8 Å². The van der Waals surface area contributed by atoms with Crippen molar-refractivity contribution >= 4 is 49.5 Å². The Kier molecular flexibility index (Phi) is 3.14. The van der Waals surface area contributed by atoms with Crippen molar-refractivity contribution in [1.82, 2.24) is 0 Å². The SMILES string of the molecule is O=CC(=O)c1c2ccccc2cc2c(O)c(O)c(Br)cc12. The zero-order valence-corrected chi connectivity index (χ0v) is 12.2. The Hall–Kier alpha value is -2.40. The number of ketones is 1. The van der Waals surface area contributed by atoms with Crippen LogP contribution >= 0.6 is 15.9 Å². The number of hydrogen-bond acceptors (Lipinski definition) is 4. The minimum Gasteiger partial charge on any atom is -0.504 e.